The van der Waals surface area contributed by atoms with Crippen molar-refractivity contribution in [3.05, 3.63) is 316 Å². The van der Waals surface area contributed by atoms with E-state index in [4.69, 9.17) is 85.6 Å². The van der Waals surface area contributed by atoms with Crippen molar-refractivity contribution in [3.63, 3.8) is 0 Å². The van der Waals surface area contributed by atoms with Crippen LogP contribution >= 0.6 is 15.9 Å². The number of nitrogens with zero attached hydrogens (tertiary/aromatic N) is 13. The first kappa shape index (κ1) is 117. The molecule has 27 nitrogen and oxygen atoms in total. The van der Waals surface area contributed by atoms with E-state index in [0.29, 0.717) is 90.0 Å². The number of aromatic nitrogens is 4. The number of alkyl halides is 1. The van der Waals surface area contributed by atoms with Gasteiger partial charge in [-0.2, -0.15) is 54.6 Å². The molecule has 30 heteroatoms. The van der Waals surface area contributed by atoms with Crippen molar-refractivity contribution in [2.45, 2.75) is 166 Å². The van der Waals surface area contributed by atoms with E-state index in [1.54, 1.807) is 56.6 Å². The molecule has 2 aromatic heterocycles. The van der Waals surface area contributed by atoms with Crippen LogP contribution in [-0.4, -0.2) is 70.7 Å². The molecule has 658 valence electrons. The van der Waals surface area contributed by atoms with E-state index >= 15 is 0 Å². The van der Waals surface area contributed by atoms with Gasteiger partial charge in [0.1, 0.15) is 78.3 Å². The number of carbonyl (C=O) groups excluding carboxylic acids is 4. The largest absolute Gasteiger partial charge is 1.00 e. The van der Waals surface area contributed by atoms with E-state index < -0.39 is 11.1 Å². The summed E-state index contributed by atoms with van der Waals surface area (Å²) in [4.78, 5) is 47.2. The van der Waals surface area contributed by atoms with E-state index in [1.807, 2.05) is 287 Å². The molecule has 0 spiro atoms. The monoisotopic (exact) mass is 1810 g/mol. The van der Waals surface area contributed by atoms with Crippen LogP contribution in [0.3, 0.4) is 0 Å². The minimum absolute atomic E-state index is 0. The zero-order valence-electron chi connectivity index (χ0n) is 75.8. The Bertz CT molecular complexity index is 5320. The van der Waals surface area contributed by atoms with Crippen LogP contribution in [0, 0.1) is 71.5 Å². The van der Waals surface area contributed by atoms with Crippen molar-refractivity contribution in [1.82, 2.24) is 19.6 Å². The van der Waals surface area contributed by atoms with Crippen molar-refractivity contribution in [2.75, 3.05) is 22.5 Å². The maximum absolute atomic E-state index is 10.1. The van der Waals surface area contributed by atoms with E-state index in [9.17, 15) is 15.5 Å². The van der Waals surface area contributed by atoms with E-state index in [0.717, 1.165) is 67.9 Å². The molecule has 0 radical (unpaired) electrons. The van der Waals surface area contributed by atoms with Crippen LogP contribution in [0.2, 0.25) is 0 Å². The fourth-order valence-corrected chi connectivity index (χ4v) is 9.51. The van der Waals surface area contributed by atoms with Crippen LogP contribution in [0.4, 0.5) is 34.4 Å². The van der Waals surface area contributed by atoms with Gasteiger partial charge in [0.2, 0.25) is 6.04 Å². The zero-order chi connectivity index (χ0) is 93.3. The molecule has 2 heterocycles. The first-order valence-corrected chi connectivity index (χ1v) is 40.7. The van der Waals surface area contributed by atoms with Gasteiger partial charge in [0.15, 0.2) is 5.54 Å². The van der Waals surface area contributed by atoms with E-state index in [2.05, 4.69) is 81.9 Å². The predicted octanol–water partition coefficient (Wildman–Crippen LogP) is 15.7. The Hall–Kier alpha value is -12.8. The summed E-state index contributed by atoms with van der Waals surface area (Å²) in [5.41, 5.74) is 27.5. The Kier molecular flexibility index (Phi) is 60.2. The molecule has 0 aliphatic heterocycles. The van der Waals surface area contributed by atoms with Gasteiger partial charge < -0.3 is 66.4 Å². The normalized spacial score (nSPS) is 10.6. The van der Waals surface area contributed by atoms with Crippen LogP contribution in [0.15, 0.2) is 258 Å². The Morgan fingerprint density at radius 3 is 1.07 bits per heavy atom. The number of azo groups is 1. The number of rotatable bonds is 23. The third-order valence-electron chi connectivity index (χ3n) is 17.0. The first-order valence-electron chi connectivity index (χ1n) is 39.5. The van der Waals surface area contributed by atoms with Gasteiger partial charge in [0.05, 0.1) is 52.5 Å². The maximum Gasteiger partial charge on any atom is 1.00 e. The van der Waals surface area contributed by atoms with Crippen molar-refractivity contribution < 1.29 is 113 Å². The molecule has 0 aliphatic carbocycles. The molecule has 0 fully saturated rings. The van der Waals surface area contributed by atoms with Gasteiger partial charge in [0.25, 0.3) is 11.6 Å². The van der Waals surface area contributed by atoms with Crippen molar-refractivity contribution in [1.29, 1.82) is 15.8 Å². The first-order chi connectivity index (χ1) is 59.6. The molecule has 2 unspecified atom stereocenters. The van der Waals surface area contributed by atoms with Crippen LogP contribution < -0.4 is 100 Å². The number of nitriles is 3. The second kappa shape index (κ2) is 65.7. The summed E-state index contributed by atoms with van der Waals surface area (Å²) < 4.78 is 26.0. The average Bonchev–Trinajstić information content (AvgIpc) is 1.65. The molecule has 0 saturated heterocycles. The maximum atomic E-state index is 10.1. The zero-order valence-corrected chi connectivity index (χ0v) is 81.4. The minimum atomic E-state index is -0.803. The van der Waals surface area contributed by atoms with Gasteiger partial charge >= 0.3 is 71.4 Å². The predicted molar refractivity (Wildman–Crippen MR) is 492 cm³/mol. The molecule has 11 aromatic rings. The standard InChI is InChI=1S/C20H20N4O.C19H21N3O.C19H20N2O.C13H14N4O.C13H13NO.C6H11N.C4H9O.C2H2BrN.2CO2.2Na.H2O/c1-14(2)19-18(21)20(22-3)24(23-19)16-9-11-17(12-10-16)25-13-15-7-5-4-6-8-15;1-15(2)19(3,14-20)22-21-17-9-11-18(12-10-17)23-13-16-7-5-4-6-8-16;1-15(2)19(12-20)21-13-16-8-10-18(11-9-16)22-14-17-6-4-3-5-7-17;1-8(2)12-11(14)13(15-3)17(16-12)9-4-6-10(18)7-5-9;14-12-6-8-13(9-7-12)15-10-11-4-2-1-3-5-11;1-5(2)6(3)7-4;1-4(2,3)5;3-1-2-4;2*2-1-3;;;/h4-12,14H,13,21H2,1-2H3;4-12,15H,13H2,1-3H3;3-11,15H,13-14H2,1-2H3;4-8,18H,14H2,1-2H3;1-9H,10,14H2;5-6H,1-3H3;1-3H3;1H2;;;;;1H2/q;;;;;;-1;;;;2*+1;/p-1. The quantitative estimate of drug-likeness (QED) is 0.0115. The van der Waals surface area contributed by atoms with Crippen molar-refractivity contribution in [2.24, 2.45) is 33.0 Å². The molecular formula is C98H111BrN16Na2O11. The van der Waals surface area contributed by atoms with Gasteiger partial charge in [0, 0.05) is 36.3 Å². The number of anilines is 3. The number of phenols is 1. The van der Waals surface area contributed by atoms with Crippen LogP contribution in [0.1, 0.15) is 155 Å². The van der Waals surface area contributed by atoms with Gasteiger partial charge in [-0.25, -0.2) is 6.57 Å². The summed E-state index contributed by atoms with van der Waals surface area (Å²) in [6, 6.07) is 83.2. The van der Waals surface area contributed by atoms with E-state index in [1.165, 1.54) is 4.68 Å². The van der Waals surface area contributed by atoms with Gasteiger partial charge in [-0.15, -0.1) is 5.60 Å². The van der Waals surface area contributed by atoms with Gasteiger partial charge in [-0.3, -0.25) is 4.99 Å². The average molecular weight is 1810 g/mol. The third-order valence-corrected chi connectivity index (χ3v) is 17.3. The Labute approximate surface area is 805 Å². The number of nitrogen functional groups attached to an aromatic ring is 3. The van der Waals surface area contributed by atoms with Gasteiger partial charge in [-0.1, -0.05) is 263 Å². The molecule has 0 aliphatic rings. The summed E-state index contributed by atoms with van der Waals surface area (Å²) in [7, 11) is 0. The van der Waals surface area contributed by atoms with Crippen molar-refractivity contribution >= 4 is 68.3 Å². The number of hydrogen-bond donors (Lipinski definition) is 4. The summed E-state index contributed by atoms with van der Waals surface area (Å²) in [5, 5.41) is 62.9. The smallest absolute Gasteiger partial charge is 0.870 e. The van der Waals surface area contributed by atoms with Crippen LogP contribution in [0.25, 0.3) is 25.9 Å². The Morgan fingerprint density at radius 1 is 0.508 bits per heavy atom. The molecule has 0 bridgehead atoms. The fraction of sp³-hybridized carbons (Fsp3) is 0.296. The van der Waals surface area contributed by atoms with Crippen molar-refractivity contribution in [3.8, 4) is 58.3 Å². The number of benzene rings is 9. The minimum Gasteiger partial charge on any atom is -0.870 e. The van der Waals surface area contributed by atoms with E-state index in [-0.39, 0.29) is 112 Å². The summed E-state index contributed by atoms with van der Waals surface area (Å²) in [6.45, 7) is 52.5. The molecular weight excluding hydrogens is 1700 g/mol. The number of phenolic OH excluding ortho intramolecular Hbond substituents is 1. The summed E-state index contributed by atoms with van der Waals surface area (Å²) in [5.74, 6) is 5.15. The fourth-order valence-electron chi connectivity index (χ4n) is 9.51. The number of halogens is 1. The molecule has 11 rings (SSSR count). The molecule has 2 atom stereocenters. The molecule has 9 aromatic carbocycles. The molecule has 0 saturated carbocycles. The second-order valence-corrected chi connectivity index (χ2v) is 30.2. The Balaban J connectivity index is 0. The topological polar surface area (TPSA) is 414 Å². The number of aliphatic imine (C=N–C) groups is 1. The number of ether oxygens (including phenoxy) is 4. The van der Waals surface area contributed by atoms with Gasteiger partial charge in [-0.05, 0) is 150 Å². The SMILES string of the molecule is CC(C)(C)[O-].CC(C)C(C#N)=NCc1ccc(OCc2ccccc2)cc1.CC(C)C(C)(C#N)N=Nc1ccc(OCc2ccccc2)cc1.N#CCBr.Nc1ccc(OCc2ccccc2)cc1.O=C=O.O=C=O.[C-]#[N+]C(C)C(C)C.[C-]#[N+]c1c(N)c(C(C)C)nn1-c1ccc(O)cc1.[C-]#[N+]c1c(N)c(C(C)C)nn1-c1ccc(OCc2ccccc2)cc1.[Na+].[Na+].[OH-]. The Morgan fingerprint density at radius 2 is 0.812 bits per heavy atom. The third kappa shape index (κ3) is 46.9. The van der Waals surface area contributed by atoms with Crippen LogP contribution in [0.5, 0.6) is 28.7 Å². The number of nitrogens with two attached hydrogens (primary N) is 3. The second-order valence-electron chi connectivity index (χ2n) is 29.7. The number of aromatic hydroxyl groups is 1. The molecule has 8 N–H and O–H groups in total. The summed E-state index contributed by atoms with van der Waals surface area (Å²) in [6.07, 6.45) is 0.500. The molecule has 128 heavy (non-hydrogen) atoms. The van der Waals surface area contributed by atoms with Crippen LogP contribution in [-0.2, 0) is 52.2 Å². The summed E-state index contributed by atoms with van der Waals surface area (Å²) >= 11 is 2.89. The molecule has 0 amide bonds. The number of hydrogen-bond acceptors (Lipinski definition) is 22.